The molecule has 0 bridgehead atoms. The molecule has 0 spiro atoms. The first-order valence-electron chi connectivity index (χ1n) is 5.85. The zero-order valence-corrected chi connectivity index (χ0v) is 10.3. The lowest BCUT2D eigenvalue weighted by molar-refractivity contribution is -0.125. The number of Topliss-reactive ketones (excluding diaryl/α,β-unsaturated/α-hetero) is 1. The second-order valence-corrected chi connectivity index (χ2v) is 4.17. The van der Waals surface area contributed by atoms with Crippen LogP contribution >= 0.6 is 0 Å². The molecule has 0 saturated heterocycles. The van der Waals surface area contributed by atoms with Crippen molar-refractivity contribution in [1.29, 1.82) is 0 Å². The smallest absolute Gasteiger partial charge is 0.152 e. The molecule has 2 heteroatoms. The third-order valence-corrected chi connectivity index (χ3v) is 2.82. The number of likely N-dealkylation sites (N-methyl/N-ethyl adjacent to an activating group) is 1. The van der Waals surface area contributed by atoms with Gasteiger partial charge in [0, 0.05) is 5.92 Å². The molecule has 1 N–H and O–H groups in total. The second-order valence-electron chi connectivity index (χ2n) is 4.17. The predicted molar refractivity (Wildman–Crippen MR) is 61.4 cm³/mol. The second kappa shape index (κ2) is 6.99. The SMILES string of the molecule is CCN[C@H](C(=O)C(C)C)C(CC)CC. The number of carbonyl (C=O) groups is 1. The highest BCUT2D eigenvalue weighted by atomic mass is 16.1. The third-order valence-electron chi connectivity index (χ3n) is 2.82. The topological polar surface area (TPSA) is 29.1 Å². The van der Waals surface area contributed by atoms with Gasteiger partial charge < -0.3 is 5.32 Å². The van der Waals surface area contributed by atoms with E-state index in [0.717, 1.165) is 19.4 Å². The summed E-state index contributed by atoms with van der Waals surface area (Å²) in [6.07, 6.45) is 2.15. The fourth-order valence-electron chi connectivity index (χ4n) is 1.84. The Bertz CT molecular complexity index is 162. The first kappa shape index (κ1) is 13.6. The Kier molecular flexibility index (Phi) is 6.81. The van der Waals surface area contributed by atoms with Crippen LogP contribution in [0, 0.1) is 11.8 Å². The van der Waals surface area contributed by atoms with E-state index in [1.165, 1.54) is 0 Å². The van der Waals surface area contributed by atoms with E-state index >= 15 is 0 Å². The lowest BCUT2D eigenvalue weighted by Gasteiger charge is -2.26. The standard InChI is InChI=1S/C12H25NO/c1-6-10(7-2)11(13-8-3)12(14)9(4)5/h9-11,13H,6-8H2,1-5H3/t11-/m0/s1. The molecule has 0 rings (SSSR count). The maximum absolute atomic E-state index is 11.9. The van der Waals surface area contributed by atoms with Crippen LogP contribution in [0.25, 0.3) is 0 Å². The van der Waals surface area contributed by atoms with Crippen LogP contribution in [-0.4, -0.2) is 18.4 Å². The van der Waals surface area contributed by atoms with Crippen LogP contribution in [0.1, 0.15) is 47.5 Å². The van der Waals surface area contributed by atoms with E-state index in [9.17, 15) is 4.79 Å². The molecule has 2 nitrogen and oxygen atoms in total. The van der Waals surface area contributed by atoms with Crippen LogP contribution in [-0.2, 0) is 4.79 Å². The van der Waals surface area contributed by atoms with Crippen molar-refractivity contribution < 1.29 is 4.79 Å². The van der Waals surface area contributed by atoms with Gasteiger partial charge in [-0.15, -0.1) is 0 Å². The minimum absolute atomic E-state index is 0.0648. The van der Waals surface area contributed by atoms with Gasteiger partial charge in [0.25, 0.3) is 0 Å². The van der Waals surface area contributed by atoms with Crippen molar-refractivity contribution in [2.45, 2.75) is 53.5 Å². The fourth-order valence-corrected chi connectivity index (χ4v) is 1.84. The van der Waals surface area contributed by atoms with E-state index in [4.69, 9.17) is 0 Å². The Balaban J connectivity index is 4.47. The molecule has 0 radical (unpaired) electrons. The molecule has 0 aromatic rings. The summed E-state index contributed by atoms with van der Waals surface area (Å²) < 4.78 is 0. The van der Waals surface area contributed by atoms with Gasteiger partial charge in [-0.2, -0.15) is 0 Å². The molecule has 0 unspecified atom stereocenters. The highest BCUT2D eigenvalue weighted by molar-refractivity contribution is 5.86. The molecule has 0 heterocycles. The largest absolute Gasteiger partial charge is 0.308 e. The molecule has 0 amide bonds. The summed E-state index contributed by atoms with van der Waals surface area (Å²) >= 11 is 0. The van der Waals surface area contributed by atoms with Crippen molar-refractivity contribution in [1.82, 2.24) is 5.32 Å². The molecule has 1 atom stereocenters. The van der Waals surface area contributed by atoms with E-state index in [1.807, 2.05) is 13.8 Å². The van der Waals surface area contributed by atoms with E-state index in [0.29, 0.717) is 11.7 Å². The Morgan fingerprint density at radius 1 is 1.14 bits per heavy atom. The summed E-state index contributed by atoms with van der Waals surface area (Å²) in [6, 6.07) is 0.0648. The van der Waals surface area contributed by atoms with Gasteiger partial charge in [0.1, 0.15) is 0 Å². The van der Waals surface area contributed by atoms with Crippen LogP contribution in [0.2, 0.25) is 0 Å². The lowest BCUT2D eigenvalue weighted by atomic mass is 9.87. The summed E-state index contributed by atoms with van der Waals surface area (Å²) in [5.41, 5.74) is 0. The van der Waals surface area contributed by atoms with E-state index in [1.54, 1.807) is 0 Å². The molecule has 0 aliphatic carbocycles. The maximum atomic E-state index is 11.9. The highest BCUT2D eigenvalue weighted by Crippen LogP contribution is 2.16. The van der Waals surface area contributed by atoms with Crippen molar-refractivity contribution in [2.24, 2.45) is 11.8 Å². The molecule has 14 heavy (non-hydrogen) atoms. The van der Waals surface area contributed by atoms with Crippen molar-refractivity contribution >= 4 is 5.78 Å². The molecule has 0 saturated carbocycles. The summed E-state index contributed by atoms with van der Waals surface area (Å²) in [6.45, 7) is 11.2. The normalized spacial score (nSPS) is 13.6. The van der Waals surface area contributed by atoms with Gasteiger partial charge >= 0.3 is 0 Å². The van der Waals surface area contributed by atoms with Crippen LogP contribution < -0.4 is 5.32 Å². The van der Waals surface area contributed by atoms with Crippen LogP contribution in [0.5, 0.6) is 0 Å². The van der Waals surface area contributed by atoms with Gasteiger partial charge in [-0.05, 0) is 12.5 Å². The summed E-state index contributed by atoms with van der Waals surface area (Å²) in [4.78, 5) is 11.9. The van der Waals surface area contributed by atoms with Gasteiger partial charge in [0.2, 0.25) is 0 Å². The van der Waals surface area contributed by atoms with Gasteiger partial charge in [-0.3, -0.25) is 4.79 Å². The Morgan fingerprint density at radius 2 is 1.64 bits per heavy atom. The highest BCUT2D eigenvalue weighted by Gasteiger charge is 2.26. The zero-order valence-electron chi connectivity index (χ0n) is 10.3. The Hall–Kier alpha value is -0.370. The van der Waals surface area contributed by atoms with Crippen LogP contribution in [0.4, 0.5) is 0 Å². The summed E-state index contributed by atoms with van der Waals surface area (Å²) in [5.74, 6) is 0.991. The summed E-state index contributed by atoms with van der Waals surface area (Å²) in [5, 5.41) is 3.32. The quantitative estimate of drug-likeness (QED) is 0.683. The molecule has 0 fully saturated rings. The Morgan fingerprint density at radius 3 is 1.93 bits per heavy atom. The average molecular weight is 199 g/mol. The summed E-state index contributed by atoms with van der Waals surface area (Å²) in [7, 11) is 0. The van der Waals surface area contributed by atoms with E-state index < -0.39 is 0 Å². The molecular weight excluding hydrogens is 174 g/mol. The fraction of sp³-hybridized carbons (Fsp3) is 0.917. The van der Waals surface area contributed by atoms with Gasteiger partial charge in [-0.1, -0.05) is 47.5 Å². The van der Waals surface area contributed by atoms with Crippen LogP contribution in [0.15, 0.2) is 0 Å². The van der Waals surface area contributed by atoms with Crippen molar-refractivity contribution in [3.8, 4) is 0 Å². The molecule has 0 aromatic carbocycles. The number of carbonyl (C=O) groups excluding carboxylic acids is 1. The first-order chi connectivity index (χ1) is 6.58. The van der Waals surface area contributed by atoms with Crippen molar-refractivity contribution in [3.63, 3.8) is 0 Å². The molecular formula is C12H25NO. The first-order valence-corrected chi connectivity index (χ1v) is 5.85. The third kappa shape index (κ3) is 3.79. The minimum atomic E-state index is 0.0648. The Labute approximate surface area is 88.5 Å². The maximum Gasteiger partial charge on any atom is 0.152 e. The monoisotopic (exact) mass is 199 g/mol. The average Bonchev–Trinajstić information content (AvgIpc) is 2.17. The van der Waals surface area contributed by atoms with E-state index in [-0.39, 0.29) is 12.0 Å². The molecule has 84 valence electrons. The molecule has 0 aliphatic heterocycles. The zero-order chi connectivity index (χ0) is 11.1. The number of hydrogen-bond acceptors (Lipinski definition) is 2. The molecule has 0 aromatic heterocycles. The molecule has 0 aliphatic rings. The van der Waals surface area contributed by atoms with E-state index in [2.05, 4.69) is 26.1 Å². The number of ketones is 1. The van der Waals surface area contributed by atoms with Crippen molar-refractivity contribution in [3.05, 3.63) is 0 Å². The van der Waals surface area contributed by atoms with Gasteiger partial charge in [0.15, 0.2) is 5.78 Å². The number of hydrogen-bond donors (Lipinski definition) is 1. The number of rotatable bonds is 7. The minimum Gasteiger partial charge on any atom is -0.308 e. The lowest BCUT2D eigenvalue weighted by Crippen LogP contribution is -2.44. The van der Waals surface area contributed by atoms with Gasteiger partial charge in [0.05, 0.1) is 6.04 Å². The number of nitrogens with one attached hydrogen (secondary N) is 1. The van der Waals surface area contributed by atoms with Crippen molar-refractivity contribution in [2.75, 3.05) is 6.54 Å². The van der Waals surface area contributed by atoms with Crippen LogP contribution in [0.3, 0.4) is 0 Å². The van der Waals surface area contributed by atoms with Gasteiger partial charge in [-0.25, -0.2) is 0 Å². The predicted octanol–water partition coefficient (Wildman–Crippen LogP) is 2.63.